The first-order chi connectivity index (χ1) is 12.8. The maximum Gasteiger partial charge on any atom is 2.00 e. The van der Waals surface area contributed by atoms with Gasteiger partial charge < -0.3 is 12.6 Å². The quantitative estimate of drug-likeness (QED) is 0.200. The largest absolute Gasteiger partial charge is 2.00 e. The number of thiophene rings is 1. The molecule has 0 unspecified atom stereocenters. The second kappa shape index (κ2) is 7.36. The van der Waals surface area contributed by atoms with Crippen molar-refractivity contribution in [2.75, 3.05) is 0 Å². The van der Waals surface area contributed by atoms with Gasteiger partial charge in [0.2, 0.25) is 0 Å². The molecule has 3 aromatic heterocycles. The number of aromatic nitrogens is 2. The zero-order valence-electron chi connectivity index (χ0n) is 14.0. The molecule has 0 fully saturated rings. The molecule has 5 heteroatoms. The maximum atomic E-state index is 5.53. The zero-order chi connectivity index (χ0) is 17.5. The van der Waals surface area contributed by atoms with Gasteiger partial charge in [0.25, 0.3) is 0 Å². The van der Waals surface area contributed by atoms with E-state index in [9.17, 15) is 0 Å². The van der Waals surface area contributed by atoms with Crippen molar-refractivity contribution in [3.05, 3.63) is 79.0 Å². The first kappa shape index (κ1) is 18.1. The van der Waals surface area contributed by atoms with E-state index in [4.69, 9.17) is 17.6 Å². The molecule has 0 spiro atoms. The van der Waals surface area contributed by atoms with Crippen LogP contribution in [0.5, 0.6) is 0 Å². The monoisotopic (exact) mass is 426 g/mol. The molecule has 0 amide bonds. The van der Waals surface area contributed by atoms with Crippen LogP contribution in [-0.4, -0.2) is 9.97 Å². The van der Waals surface area contributed by atoms with E-state index in [-0.39, 0.29) is 16.5 Å². The van der Waals surface area contributed by atoms with Crippen molar-refractivity contribution in [3.63, 3.8) is 0 Å². The van der Waals surface area contributed by atoms with E-state index in [1.807, 2.05) is 48.5 Å². The number of pyridine rings is 2. The number of fused-ring (bicyclic) bond motifs is 3. The summed E-state index contributed by atoms with van der Waals surface area (Å²) >= 11 is 7.26. The minimum Gasteiger partial charge on any atom is -0.779 e. The Bertz CT molecular complexity index is 1250. The van der Waals surface area contributed by atoms with Crippen LogP contribution < -0.4 is 0 Å². The minimum absolute atomic E-state index is 0. The Balaban J connectivity index is 0.00000180. The van der Waals surface area contributed by atoms with Gasteiger partial charge >= 0.3 is 16.5 Å². The van der Waals surface area contributed by atoms with E-state index >= 15 is 0 Å². The van der Waals surface area contributed by atoms with Gasteiger partial charge in [-0.1, -0.05) is 41.5 Å². The molecular weight excluding hydrogens is 415 g/mol. The molecule has 0 aliphatic heterocycles. The number of benzene rings is 2. The predicted octanol–water partition coefficient (Wildman–Crippen LogP) is 5.88. The van der Waals surface area contributed by atoms with E-state index in [1.165, 1.54) is 4.70 Å². The molecule has 5 rings (SSSR count). The summed E-state index contributed by atoms with van der Waals surface area (Å²) in [6, 6.07) is 25.6. The summed E-state index contributed by atoms with van der Waals surface area (Å²) in [6.07, 6.45) is 1.79. The summed E-state index contributed by atoms with van der Waals surface area (Å²) < 4.78 is 2.34. The maximum absolute atomic E-state index is 5.53. The third-order valence-electron chi connectivity index (χ3n) is 4.31. The fourth-order valence-electron chi connectivity index (χ4n) is 3.10. The summed E-state index contributed by atoms with van der Waals surface area (Å²) in [5.41, 5.74) is 4.70. The molecule has 0 N–H and O–H groups in total. The molecule has 0 saturated carbocycles. The first-order valence-electron chi connectivity index (χ1n) is 8.23. The van der Waals surface area contributed by atoms with Gasteiger partial charge in [-0.2, -0.15) is 4.90 Å². The van der Waals surface area contributed by atoms with Crippen LogP contribution >= 0.6 is 11.3 Å². The molecule has 2 nitrogen and oxygen atoms in total. The smallest absolute Gasteiger partial charge is 0.779 e. The van der Waals surface area contributed by atoms with E-state index in [1.54, 1.807) is 17.5 Å². The molecule has 132 valence electrons. The van der Waals surface area contributed by atoms with Gasteiger partial charge in [-0.05, 0) is 23.6 Å². The fourth-order valence-corrected chi connectivity index (χ4v) is 4.52. The Labute approximate surface area is 176 Å². The number of hydrogen-bond donors (Lipinski definition) is 0. The van der Waals surface area contributed by atoms with Gasteiger partial charge in [-0.15, -0.1) is 35.6 Å². The summed E-state index contributed by atoms with van der Waals surface area (Å²) in [4.78, 5) is 10.2. The average molecular weight is 427 g/mol. The van der Waals surface area contributed by atoms with Crippen molar-refractivity contribution in [1.82, 2.24) is 9.97 Å². The number of rotatable bonds is 2. The SMILES string of the molecule is [Ni+2].[S-]c1cccc2sc3ccc(-c4[c-]c(-c5ccccn5)ccc4)nc3c12. The van der Waals surface area contributed by atoms with Gasteiger partial charge in [-0.3, -0.25) is 9.97 Å². The van der Waals surface area contributed by atoms with Crippen LogP contribution in [0.15, 0.2) is 77.8 Å². The molecule has 0 saturated heterocycles. The van der Waals surface area contributed by atoms with Gasteiger partial charge in [0.05, 0.1) is 10.2 Å². The van der Waals surface area contributed by atoms with Crippen LogP contribution in [0.4, 0.5) is 0 Å². The van der Waals surface area contributed by atoms with Crippen LogP contribution in [0.25, 0.3) is 42.8 Å². The summed E-state index contributed by atoms with van der Waals surface area (Å²) in [5, 5.41) is 1.07. The topological polar surface area (TPSA) is 25.8 Å². The van der Waals surface area contributed by atoms with Gasteiger partial charge in [0.1, 0.15) is 0 Å². The van der Waals surface area contributed by atoms with Crippen molar-refractivity contribution < 1.29 is 16.5 Å². The molecule has 5 aromatic rings. The molecule has 2 aromatic carbocycles. The number of hydrogen-bond acceptors (Lipinski definition) is 4. The molecule has 0 aliphatic carbocycles. The van der Waals surface area contributed by atoms with Crippen molar-refractivity contribution >= 4 is 44.3 Å². The molecule has 27 heavy (non-hydrogen) atoms. The third-order valence-corrected chi connectivity index (χ3v) is 5.76. The van der Waals surface area contributed by atoms with Crippen molar-refractivity contribution in [2.45, 2.75) is 4.90 Å². The van der Waals surface area contributed by atoms with Crippen LogP contribution in [-0.2, 0) is 29.1 Å². The Hall–Kier alpha value is -2.33. The summed E-state index contributed by atoms with van der Waals surface area (Å²) in [7, 11) is 0. The Kier molecular flexibility index (Phi) is 4.92. The third kappa shape index (κ3) is 3.23. The fraction of sp³-hybridized carbons (Fsp3) is 0. The average Bonchev–Trinajstić information content (AvgIpc) is 3.08. The molecule has 0 bridgehead atoms. The second-order valence-electron chi connectivity index (χ2n) is 5.97. The molecule has 0 aliphatic rings. The van der Waals surface area contributed by atoms with Gasteiger partial charge in [-0.25, -0.2) is 0 Å². The van der Waals surface area contributed by atoms with Crippen molar-refractivity contribution in [2.24, 2.45) is 0 Å². The van der Waals surface area contributed by atoms with E-state index in [2.05, 4.69) is 29.2 Å². The zero-order valence-corrected chi connectivity index (χ0v) is 16.6. The Morgan fingerprint density at radius 1 is 0.778 bits per heavy atom. The second-order valence-corrected chi connectivity index (χ2v) is 7.49. The van der Waals surface area contributed by atoms with Crippen molar-refractivity contribution in [3.8, 4) is 22.5 Å². The van der Waals surface area contributed by atoms with E-state index in [0.29, 0.717) is 0 Å². The van der Waals surface area contributed by atoms with E-state index in [0.717, 1.165) is 43.0 Å². The van der Waals surface area contributed by atoms with Crippen LogP contribution in [0, 0.1) is 6.07 Å². The molecule has 0 atom stereocenters. The van der Waals surface area contributed by atoms with Crippen LogP contribution in [0.2, 0.25) is 0 Å². The molecule has 3 heterocycles. The van der Waals surface area contributed by atoms with Gasteiger partial charge in [0, 0.05) is 22.3 Å². The minimum atomic E-state index is 0. The molecule has 0 radical (unpaired) electrons. The van der Waals surface area contributed by atoms with Crippen LogP contribution in [0.3, 0.4) is 0 Å². The van der Waals surface area contributed by atoms with E-state index < -0.39 is 0 Å². The normalized spacial score (nSPS) is 10.8. The standard InChI is InChI=1S/C22H13N2S2.Ni/c25-18-8-4-9-19-21(18)22-20(26-19)11-10-17(24-22)15-6-3-5-14(13-15)16-7-1-2-12-23-16;/h1-12,25H;/q-1;+2/p-1. The Morgan fingerprint density at radius 2 is 1.59 bits per heavy atom. The summed E-state index contributed by atoms with van der Waals surface area (Å²) in [5.74, 6) is 0. The number of nitrogens with zero attached hydrogens (tertiary/aromatic N) is 2. The van der Waals surface area contributed by atoms with Gasteiger partial charge in [0.15, 0.2) is 0 Å². The van der Waals surface area contributed by atoms with Crippen molar-refractivity contribution in [1.29, 1.82) is 0 Å². The van der Waals surface area contributed by atoms with Crippen LogP contribution in [0.1, 0.15) is 0 Å². The summed E-state index contributed by atoms with van der Waals surface area (Å²) in [6.45, 7) is 0. The first-order valence-corrected chi connectivity index (χ1v) is 9.45. The predicted molar refractivity (Wildman–Crippen MR) is 110 cm³/mol. The Morgan fingerprint density at radius 3 is 2.41 bits per heavy atom. The molecular formula is C22H12N2NiS2.